The lowest BCUT2D eigenvalue weighted by atomic mass is 9.76. The molecule has 1 aromatic heterocycles. The molecule has 1 spiro atoms. The van der Waals surface area contributed by atoms with Crippen molar-refractivity contribution >= 4 is 23.2 Å². The van der Waals surface area contributed by atoms with Gasteiger partial charge in [0.15, 0.2) is 0 Å². The Labute approximate surface area is 152 Å². The van der Waals surface area contributed by atoms with Crippen molar-refractivity contribution in [2.24, 2.45) is 5.41 Å². The smallest absolute Gasteiger partial charge is 0.320 e. The zero-order valence-corrected chi connectivity index (χ0v) is 16.2. The van der Waals surface area contributed by atoms with Crippen LogP contribution in [0, 0.1) is 12.3 Å². The molecule has 0 radical (unpaired) electrons. The second-order valence-electron chi connectivity index (χ2n) is 7.89. The van der Waals surface area contributed by atoms with E-state index in [1.54, 1.807) is 0 Å². The number of hydrogen-bond acceptors (Lipinski definition) is 5. The van der Waals surface area contributed by atoms with E-state index in [9.17, 15) is 14.7 Å². The Balaban J connectivity index is 1.67. The number of rotatable bonds is 3. The first-order valence-corrected chi connectivity index (χ1v) is 9.74. The highest BCUT2D eigenvalue weighted by molar-refractivity contribution is 7.13. The predicted octanol–water partition coefficient (Wildman–Crippen LogP) is 2.59. The van der Waals surface area contributed by atoms with Gasteiger partial charge >= 0.3 is 5.97 Å². The van der Waals surface area contributed by atoms with Crippen LogP contribution in [0.25, 0.3) is 0 Å². The molecule has 2 saturated heterocycles. The molecule has 1 atom stereocenters. The van der Waals surface area contributed by atoms with Gasteiger partial charge in [-0.25, -0.2) is 4.98 Å². The van der Waals surface area contributed by atoms with E-state index in [-0.39, 0.29) is 17.4 Å². The van der Waals surface area contributed by atoms with Crippen LogP contribution in [0.3, 0.4) is 0 Å². The Kier molecular flexibility index (Phi) is 4.90. The number of nitrogens with zero attached hydrogens (tertiary/aromatic N) is 3. The molecule has 1 N–H and O–H groups in total. The number of aryl methyl sites for hydroxylation is 1. The maximum Gasteiger partial charge on any atom is 0.320 e. The molecular formula is C18H27N3O3S. The van der Waals surface area contributed by atoms with E-state index in [1.165, 1.54) is 11.3 Å². The molecule has 0 aliphatic carbocycles. The number of carboxylic acids is 1. The van der Waals surface area contributed by atoms with Crippen molar-refractivity contribution in [3.8, 4) is 0 Å². The molecule has 0 saturated carbocycles. The fourth-order valence-corrected chi connectivity index (χ4v) is 5.14. The number of aromatic nitrogens is 1. The van der Waals surface area contributed by atoms with Crippen molar-refractivity contribution < 1.29 is 14.7 Å². The first-order chi connectivity index (χ1) is 11.7. The Bertz CT molecular complexity index is 677. The van der Waals surface area contributed by atoms with E-state index in [1.807, 2.05) is 23.8 Å². The Morgan fingerprint density at radius 1 is 1.32 bits per heavy atom. The topological polar surface area (TPSA) is 73.7 Å². The van der Waals surface area contributed by atoms with Gasteiger partial charge in [-0.1, -0.05) is 13.8 Å². The highest BCUT2D eigenvalue weighted by Gasteiger charge is 2.47. The summed E-state index contributed by atoms with van der Waals surface area (Å²) >= 11 is 1.51. The van der Waals surface area contributed by atoms with Gasteiger partial charge in [-0.15, -0.1) is 11.3 Å². The Morgan fingerprint density at radius 2 is 1.96 bits per heavy atom. The average Bonchev–Trinajstić information content (AvgIpc) is 3.08. The first-order valence-electron chi connectivity index (χ1n) is 8.92. The monoisotopic (exact) mass is 365 g/mol. The molecule has 0 bridgehead atoms. The van der Waals surface area contributed by atoms with Crippen LogP contribution in [0.1, 0.15) is 59.4 Å². The molecule has 6 nitrogen and oxygen atoms in total. The number of amides is 1. The number of likely N-dealkylation sites (N-methyl/N-ethyl adjacent to an activating group) is 1. The summed E-state index contributed by atoms with van der Waals surface area (Å²) in [5.41, 5.74) is 0.867. The van der Waals surface area contributed by atoms with Crippen molar-refractivity contribution in [2.75, 3.05) is 26.7 Å². The van der Waals surface area contributed by atoms with E-state index >= 15 is 0 Å². The van der Waals surface area contributed by atoms with E-state index in [2.05, 4.69) is 18.8 Å². The van der Waals surface area contributed by atoms with E-state index < -0.39 is 5.97 Å². The number of piperidine rings is 1. The third kappa shape index (κ3) is 3.44. The molecule has 138 valence electrons. The predicted molar refractivity (Wildman–Crippen MR) is 97.2 cm³/mol. The van der Waals surface area contributed by atoms with Crippen LogP contribution in [0.15, 0.2) is 0 Å². The summed E-state index contributed by atoms with van der Waals surface area (Å²) in [6, 6.07) is -0.389. The second-order valence-corrected chi connectivity index (χ2v) is 8.92. The lowest BCUT2D eigenvalue weighted by Gasteiger charge is -2.39. The van der Waals surface area contributed by atoms with Crippen molar-refractivity contribution in [1.82, 2.24) is 14.8 Å². The highest BCUT2D eigenvalue weighted by Crippen LogP contribution is 2.43. The fourth-order valence-electron chi connectivity index (χ4n) is 4.10. The number of carbonyl (C=O) groups is 2. The van der Waals surface area contributed by atoms with Gasteiger partial charge in [-0.3, -0.25) is 14.5 Å². The van der Waals surface area contributed by atoms with Crippen molar-refractivity contribution in [3.63, 3.8) is 0 Å². The van der Waals surface area contributed by atoms with Gasteiger partial charge in [0, 0.05) is 25.6 Å². The number of aliphatic carboxylic acids is 1. The van der Waals surface area contributed by atoms with E-state index in [4.69, 9.17) is 0 Å². The molecule has 7 heteroatoms. The number of thiazole rings is 1. The zero-order chi connectivity index (χ0) is 18.4. The molecule has 0 aromatic carbocycles. The van der Waals surface area contributed by atoms with Gasteiger partial charge in [0.25, 0.3) is 5.91 Å². The minimum absolute atomic E-state index is 0.0421. The third-order valence-corrected chi connectivity index (χ3v) is 7.09. The fraction of sp³-hybridized carbons (Fsp3) is 0.722. The first kappa shape index (κ1) is 18.3. The lowest BCUT2D eigenvalue weighted by molar-refractivity contribution is -0.141. The third-order valence-electron chi connectivity index (χ3n) is 5.64. The summed E-state index contributed by atoms with van der Waals surface area (Å²) in [5, 5.41) is 10.4. The summed E-state index contributed by atoms with van der Waals surface area (Å²) in [4.78, 5) is 33.4. The number of carboxylic acid groups (broad SMARTS) is 1. The normalized spacial score (nSPS) is 23.6. The van der Waals surface area contributed by atoms with Crippen LogP contribution in [-0.2, 0) is 4.79 Å². The molecule has 3 rings (SSSR count). The number of carbonyl (C=O) groups excluding carboxylic acids is 1. The zero-order valence-electron chi connectivity index (χ0n) is 15.4. The van der Waals surface area contributed by atoms with Crippen LogP contribution < -0.4 is 0 Å². The van der Waals surface area contributed by atoms with Gasteiger partial charge < -0.3 is 10.0 Å². The van der Waals surface area contributed by atoms with Crippen molar-refractivity contribution in [1.29, 1.82) is 0 Å². The SMILES string of the molecule is Cc1nc(C(C)C)sc1C(=O)N1CCC2(CC1)CC(C(=O)O)N(C)C2. The van der Waals surface area contributed by atoms with Crippen LogP contribution in [0.4, 0.5) is 0 Å². The second kappa shape index (κ2) is 6.68. The Morgan fingerprint density at radius 3 is 2.44 bits per heavy atom. The molecule has 1 unspecified atom stereocenters. The van der Waals surface area contributed by atoms with Crippen LogP contribution in [0.2, 0.25) is 0 Å². The number of likely N-dealkylation sites (tertiary alicyclic amines) is 2. The minimum atomic E-state index is -0.737. The van der Waals surface area contributed by atoms with E-state index in [0.29, 0.717) is 25.4 Å². The quantitative estimate of drug-likeness (QED) is 0.891. The lowest BCUT2D eigenvalue weighted by Crippen LogP contribution is -2.44. The molecule has 1 amide bonds. The van der Waals surface area contributed by atoms with Crippen molar-refractivity contribution in [3.05, 3.63) is 15.6 Å². The van der Waals surface area contributed by atoms with Gasteiger partial charge in [0.2, 0.25) is 0 Å². The Hall–Kier alpha value is -1.47. The highest BCUT2D eigenvalue weighted by atomic mass is 32.1. The summed E-state index contributed by atoms with van der Waals surface area (Å²) in [6.45, 7) is 8.30. The maximum atomic E-state index is 12.9. The van der Waals surface area contributed by atoms with Gasteiger partial charge in [-0.2, -0.15) is 0 Å². The average molecular weight is 365 g/mol. The molecule has 2 aliphatic rings. The number of hydrogen-bond donors (Lipinski definition) is 1. The molecule has 25 heavy (non-hydrogen) atoms. The summed E-state index contributed by atoms with van der Waals surface area (Å²) < 4.78 is 0. The molecule has 2 fully saturated rings. The molecule has 1 aromatic rings. The van der Waals surface area contributed by atoms with Crippen molar-refractivity contribution in [2.45, 2.75) is 52.0 Å². The maximum absolute atomic E-state index is 12.9. The molecule has 3 heterocycles. The van der Waals surface area contributed by atoms with Crippen LogP contribution in [0.5, 0.6) is 0 Å². The summed E-state index contributed by atoms with van der Waals surface area (Å²) in [7, 11) is 1.89. The largest absolute Gasteiger partial charge is 0.480 e. The summed E-state index contributed by atoms with van der Waals surface area (Å²) in [6.07, 6.45) is 2.45. The standard InChI is InChI=1S/C18H27N3O3S/c1-11(2)15-19-12(3)14(25-15)16(22)21-7-5-18(6-8-21)9-13(17(23)24)20(4)10-18/h11,13H,5-10H2,1-4H3,(H,23,24). The van der Waals surface area contributed by atoms with Gasteiger partial charge in [-0.05, 0) is 38.6 Å². The summed E-state index contributed by atoms with van der Waals surface area (Å²) in [5.74, 6) is -0.325. The van der Waals surface area contributed by atoms with Gasteiger partial charge in [0.05, 0.1) is 10.7 Å². The molecular weight excluding hydrogens is 338 g/mol. The molecule has 2 aliphatic heterocycles. The van der Waals surface area contributed by atoms with Crippen LogP contribution >= 0.6 is 11.3 Å². The van der Waals surface area contributed by atoms with E-state index in [0.717, 1.165) is 35.0 Å². The minimum Gasteiger partial charge on any atom is -0.480 e. The van der Waals surface area contributed by atoms with Crippen LogP contribution in [-0.4, -0.2) is 64.5 Å². The van der Waals surface area contributed by atoms with Gasteiger partial charge in [0.1, 0.15) is 10.9 Å².